The van der Waals surface area contributed by atoms with Gasteiger partial charge in [0, 0.05) is 32.8 Å². The summed E-state index contributed by atoms with van der Waals surface area (Å²) in [6, 6.07) is 72.7. The van der Waals surface area contributed by atoms with Crippen LogP contribution >= 0.6 is 0 Å². The van der Waals surface area contributed by atoms with Crippen molar-refractivity contribution in [3.63, 3.8) is 0 Å². The minimum absolute atomic E-state index is 0.698. The first-order chi connectivity index (χ1) is 28.2. The first kappa shape index (κ1) is 32.8. The highest BCUT2D eigenvalue weighted by Gasteiger charge is 2.17. The fourth-order valence-corrected chi connectivity index (χ4v) is 8.24. The van der Waals surface area contributed by atoms with E-state index < -0.39 is 0 Å². The number of hydrogen-bond acceptors (Lipinski definition) is 3. The molecule has 0 saturated heterocycles. The van der Waals surface area contributed by atoms with E-state index in [-0.39, 0.29) is 0 Å². The van der Waals surface area contributed by atoms with Crippen LogP contribution in [0.25, 0.3) is 111 Å². The first-order valence-electron chi connectivity index (χ1n) is 19.3. The zero-order valence-corrected chi connectivity index (χ0v) is 30.9. The lowest BCUT2D eigenvalue weighted by Gasteiger charge is -2.11. The Bertz CT molecular complexity index is 3270. The average Bonchev–Trinajstić information content (AvgIpc) is 3.67. The lowest BCUT2D eigenvalue weighted by molar-refractivity contribution is 0.673. The van der Waals surface area contributed by atoms with Crippen molar-refractivity contribution in [2.45, 2.75) is 0 Å². The van der Waals surface area contributed by atoms with Gasteiger partial charge in [0.1, 0.15) is 11.2 Å². The van der Waals surface area contributed by atoms with Crippen LogP contribution in [0.3, 0.4) is 0 Å². The summed E-state index contributed by atoms with van der Waals surface area (Å²) in [6.07, 6.45) is 0. The highest BCUT2D eigenvalue weighted by molar-refractivity contribution is 6.20. The van der Waals surface area contributed by atoms with Crippen molar-refractivity contribution < 1.29 is 4.42 Å². The molecule has 0 amide bonds. The summed E-state index contributed by atoms with van der Waals surface area (Å²) >= 11 is 0. The van der Waals surface area contributed by atoms with Crippen LogP contribution in [0, 0.1) is 0 Å². The van der Waals surface area contributed by atoms with Crippen molar-refractivity contribution in [3.8, 4) is 67.3 Å². The van der Waals surface area contributed by atoms with Crippen molar-refractivity contribution in [2.24, 2.45) is 0 Å². The number of aromatic nitrogens is 2. The zero-order chi connectivity index (χ0) is 37.7. The third kappa shape index (κ3) is 5.85. The summed E-state index contributed by atoms with van der Waals surface area (Å²) in [5, 5.41) is 7.01. The minimum atomic E-state index is 0.698. The van der Waals surface area contributed by atoms with Gasteiger partial charge in [-0.15, -0.1) is 0 Å². The Hall–Kier alpha value is -7.62. The largest absolute Gasteiger partial charge is 0.455 e. The topological polar surface area (TPSA) is 38.9 Å². The highest BCUT2D eigenvalue weighted by atomic mass is 16.3. The predicted molar refractivity (Wildman–Crippen MR) is 237 cm³/mol. The highest BCUT2D eigenvalue weighted by Crippen LogP contribution is 2.42. The van der Waals surface area contributed by atoms with E-state index >= 15 is 0 Å². The van der Waals surface area contributed by atoms with Gasteiger partial charge in [-0.1, -0.05) is 176 Å². The molecule has 0 aliphatic rings. The van der Waals surface area contributed by atoms with Gasteiger partial charge in [-0.05, 0) is 79.9 Å². The molecule has 9 aromatic carbocycles. The van der Waals surface area contributed by atoms with Gasteiger partial charge in [-0.25, -0.2) is 9.97 Å². The van der Waals surface area contributed by atoms with Crippen molar-refractivity contribution in [1.82, 2.24) is 9.97 Å². The molecule has 0 aliphatic heterocycles. The van der Waals surface area contributed by atoms with Crippen molar-refractivity contribution in [2.75, 3.05) is 0 Å². The monoisotopic (exact) mass is 726 g/mol. The van der Waals surface area contributed by atoms with E-state index in [1.807, 2.05) is 24.3 Å². The van der Waals surface area contributed by atoms with Crippen LogP contribution < -0.4 is 0 Å². The van der Waals surface area contributed by atoms with Gasteiger partial charge in [-0.2, -0.15) is 0 Å². The standard InChI is InChI=1S/C54H34N2O/c1-3-13-35(14-4-1)40-19-11-20-42(31-40)51-34-50(55-54(56-51)39-16-5-2-6-17-39)38-27-25-36(26-28-38)41-29-30-46-49-33-48(44-24-12-18-37-15-7-8-21-43(37)44)45-22-9-10-23-47(45)53(49)57-52(46)32-41/h1-34H. The Balaban J connectivity index is 0.984. The van der Waals surface area contributed by atoms with Crippen LogP contribution in [0.5, 0.6) is 0 Å². The maximum Gasteiger partial charge on any atom is 0.160 e. The van der Waals surface area contributed by atoms with E-state index in [1.165, 1.54) is 32.8 Å². The normalized spacial score (nSPS) is 11.5. The smallest absolute Gasteiger partial charge is 0.160 e. The Morgan fingerprint density at radius 2 is 0.860 bits per heavy atom. The molecule has 0 bridgehead atoms. The van der Waals surface area contributed by atoms with Crippen LogP contribution in [0.1, 0.15) is 0 Å². The van der Waals surface area contributed by atoms with Crippen LogP contribution in [0.2, 0.25) is 0 Å². The van der Waals surface area contributed by atoms with Gasteiger partial charge in [-0.3, -0.25) is 0 Å². The second-order valence-corrected chi connectivity index (χ2v) is 14.5. The van der Waals surface area contributed by atoms with E-state index in [1.54, 1.807) is 0 Å². The number of rotatable bonds is 6. The molecular formula is C54H34N2O. The first-order valence-corrected chi connectivity index (χ1v) is 19.3. The third-order valence-electron chi connectivity index (χ3n) is 11.1. The molecule has 3 nitrogen and oxygen atoms in total. The summed E-state index contributed by atoms with van der Waals surface area (Å²) < 4.78 is 6.73. The van der Waals surface area contributed by atoms with Gasteiger partial charge < -0.3 is 4.42 Å². The number of hydrogen-bond donors (Lipinski definition) is 0. The molecule has 0 unspecified atom stereocenters. The molecule has 266 valence electrons. The summed E-state index contributed by atoms with van der Waals surface area (Å²) in [5.41, 5.74) is 13.6. The molecule has 0 N–H and O–H groups in total. The summed E-state index contributed by atoms with van der Waals surface area (Å²) in [4.78, 5) is 10.2. The molecule has 0 radical (unpaired) electrons. The average molecular weight is 727 g/mol. The van der Waals surface area contributed by atoms with Crippen LogP contribution in [0.4, 0.5) is 0 Å². The zero-order valence-electron chi connectivity index (χ0n) is 30.9. The molecule has 57 heavy (non-hydrogen) atoms. The molecule has 0 fully saturated rings. The Morgan fingerprint density at radius 1 is 0.298 bits per heavy atom. The number of fused-ring (bicyclic) bond motifs is 6. The van der Waals surface area contributed by atoms with Crippen molar-refractivity contribution in [1.29, 1.82) is 0 Å². The maximum absolute atomic E-state index is 6.73. The molecule has 0 aliphatic carbocycles. The lowest BCUT2D eigenvalue weighted by atomic mass is 9.92. The molecule has 0 spiro atoms. The number of nitrogens with zero attached hydrogens (tertiary/aromatic N) is 2. The molecule has 2 heterocycles. The quantitative estimate of drug-likeness (QED) is 0.171. The SMILES string of the molecule is c1ccc(-c2cccc(-c3cc(-c4ccc(-c5ccc6c(c5)oc5c7ccccc7c(-c7cccc8ccccc78)cc65)cc4)nc(-c4ccccc4)n3)c2)cc1. The van der Waals surface area contributed by atoms with Crippen LogP contribution in [0.15, 0.2) is 211 Å². The Kier molecular flexibility index (Phi) is 7.82. The third-order valence-corrected chi connectivity index (χ3v) is 11.1. The maximum atomic E-state index is 6.73. The molecule has 11 aromatic rings. The van der Waals surface area contributed by atoms with E-state index in [2.05, 4.69) is 182 Å². The van der Waals surface area contributed by atoms with Crippen molar-refractivity contribution in [3.05, 3.63) is 206 Å². The fraction of sp³-hybridized carbons (Fsp3) is 0. The Morgan fingerprint density at radius 3 is 1.67 bits per heavy atom. The van der Waals surface area contributed by atoms with E-state index in [0.29, 0.717) is 5.82 Å². The van der Waals surface area contributed by atoms with Crippen molar-refractivity contribution >= 4 is 43.5 Å². The van der Waals surface area contributed by atoms with E-state index in [4.69, 9.17) is 14.4 Å². The predicted octanol–water partition coefficient (Wildman–Crippen LogP) is 14.7. The lowest BCUT2D eigenvalue weighted by Crippen LogP contribution is -1.96. The van der Waals surface area contributed by atoms with Gasteiger partial charge in [0.2, 0.25) is 0 Å². The van der Waals surface area contributed by atoms with E-state index in [9.17, 15) is 0 Å². The van der Waals surface area contributed by atoms with Gasteiger partial charge in [0.25, 0.3) is 0 Å². The molecule has 3 heteroatoms. The summed E-state index contributed by atoms with van der Waals surface area (Å²) in [5.74, 6) is 0.698. The van der Waals surface area contributed by atoms with E-state index in [0.717, 1.165) is 72.1 Å². The molecule has 11 rings (SSSR count). The molecular weight excluding hydrogens is 693 g/mol. The second-order valence-electron chi connectivity index (χ2n) is 14.5. The summed E-state index contributed by atoms with van der Waals surface area (Å²) in [6.45, 7) is 0. The van der Waals surface area contributed by atoms with Gasteiger partial charge >= 0.3 is 0 Å². The minimum Gasteiger partial charge on any atom is -0.455 e. The molecule has 2 aromatic heterocycles. The summed E-state index contributed by atoms with van der Waals surface area (Å²) in [7, 11) is 0. The van der Waals surface area contributed by atoms with Crippen LogP contribution in [-0.2, 0) is 0 Å². The van der Waals surface area contributed by atoms with Gasteiger partial charge in [0.15, 0.2) is 5.82 Å². The fourth-order valence-electron chi connectivity index (χ4n) is 8.24. The van der Waals surface area contributed by atoms with Crippen LogP contribution in [-0.4, -0.2) is 9.97 Å². The second kappa shape index (κ2) is 13.6. The number of furan rings is 1. The Labute approximate surface area is 330 Å². The number of benzene rings is 9. The molecule has 0 saturated carbocycles. The molecule has 0 atom stereocenters. The van der Waals surface area contributed by atoms with Gasteiger partial charge in [0.05, 0.1) is 11.4 Å².